The SMILES string of the molecule is Cc1nc(-n2cnc(C)c2C)cs1. The van der Waals surface area contributed by atoms with Crippen LogP contribution in [0.25, 0.3) is 5.82 Å². The number of thiazole rings is 1. The van der Waals surface area contributed by atoms with Crippen molar-refractivity contribution in [2.45, 2.75) is 20.8 Å². The van der Waals surface area contributed by atoms with Crippen molar-refractivity contribution in [3.8, 4) is 5.82 Å². The molecule has 2 aromatic rings. The predicted octanol–water partition coefficient (Wildman–Crippen LogP) is 2.25. The Morgan fingerprint density at radius 3 is 2.54 bits per heavy atom. The van der Waals surface area contributed by atoms with E-state index in [4.69, 9.17) is 0 Å². The van der Waals surface area contributed by atoms with E-state index in [1.807, 2.05) is 30.1 Å². The molecule has 13 heavy (non-hydrogen) atoms. The van der Waals surface area contributed by atoms with Gasteiger partial charge in [-0.2, -0.15) is 0 Å². The summed E-state index contributed by atoms with van der Waals surface area (Å²) < 4.78 is 2.01. The van der Waals surface area contributed by atoms with Crippen LogP contribution < -0.4 is 0 Å². The van der Waals surface area contributed by atoms with Crippen LogP contribution in [0.3, 0.4) is 0 Å². The molecule has 0 amide bonds. The number of imidazole rings is 1. The average Bonchev–Trinajstić information content (AvgIpc) is 2.62. The maximum Gasteiger partial charge on any atom is 0.149 e. The van der Waals surface area contributed by atoms with Gasteiger partial charge < -0.3 is 0 Å². The van der Waals surface area contributed by atoms with E-state index in [9.17, 15) is 0 Å². The molecule has 68 valence electrons. The van der Waals surface area contributed by atoms with Gasteiger partial charge in [0.25, 0.3) is 0 Å². The maximum atomic E-state index is 4.40. The molecule has 0 saturated heterocycles. The second-order valence-corrected chi connectivity index (χ2v) is 4.07. The zero-order valence-electron chi connectivity index (χ0n) is 7.90. The first-order valence-corrected chi connectivity index (χ1v) is 4.99. The summed E-state index contributed by atoms with van der Waals surface area (Å²) >= 11 is 1.66. The first-order valence-electron chi connectivity index (χ1n) is 4.11. The summed E-state index contributed by atoms with van der Waals surface area (Å²) in [6.07, 6.45) is 1.82. The van der Waals surface area contributed by atoms with Crippen molar-refractivity contribution in [1.82, 2.24) is 14.5 Å². The van der Waals surface area contributed by atoms with E-state index in [0.717, 1.165) is 22.2 Å². The van der Waals surface area contributed by atoms with Gasteiger partial charge in [-0.3, -0.25) is 4.57 Å². The second kappa shape index (κ2) is 2.96. The van der Waals surface area contributed by atoms with Crippen molar-refractivity contribution < 1.29 is 0 Å². The zero-order chi connectivity index (χ0) is 9.42. The van der Waals surface area contributed by atoms with Crippen molar-refractivity contribution in [3.05, 3.63) is 28.1 Å². The Bertz CT molecular complexity index is 428. The third-order valence-electron chi connectivity index (χ3n) is 2.11. The lowest BCUT2D eigenvalue weighted by Gasteiger charge is -1.99. The summed E-state index contributed by atoms with van der Waals surface area (Å²) in [4.78, 5) is 8.63. The van der Waals surface area contributed by atoms with Gasteiger partial charge in [-0.25, -0.2) is 9.97 Å². The molecule has 0 N–H and O–H groups in total. The molecule has 0 radical (unpaired) electrons. The molecule has 0 aliphatic heterocycles. The molecule has 0 saturated carbocycles. The van der Waals surface area contributed by atoms with E-state index < -0.39 is 0 Å². The van der Waals surface area contributed by atoms with Crippen molar-refractivity contribution >= 4 is 11.3 Å². The molecule has 2 rings (SSSR count). The van der Waals surface area contributed by atoms with E-state index >= 15 is 0 Å². The van der Waals surface area contributed by atoms with E-state index in [0.29, 0.717) is 0 Å². The lowest BCUT2D eigenvalue weighted by Crippen LogP contribution is -1.95. The van der Waals surface area contributed by atoms with Crippen LogP contribution in [0, 0.1) is 20.8 Å². The Morgan fingerprint density at radius 1 is 1.31 bits per heavy atom. The Balaban J connectivity index is 2.52. The van der Waals surface area contributed by atoms with Gasteiger partial charge in [-0.15, -0.1) is 11.3 Å². The molecule has 0 spiro atoms. The van der Waals surface area contributed by atoms with Crippen LogP contribution in [0.2, 0.25) is 0 Å². The van der Waals surface area contributed by atoms with Crippen molar-refractivity contribution in [2.24, 2.45) is 0 Å². The standard InChI is InChI=1S/C9H11N3S/c1-6-7(2)12(5-10-6)9-4-13-8(3)11-9/h4-5H,1-3H3. The van der Waals surface area contributed by atoms with Gasteiger partial charge in [0.05, 0.1) is 10.7 Å². The van der Waals surface area contributed by atoms with Gasteiger partial charge in [0.1, 0.15) is 12.1 Å². The fourth-order valence-corrected chi connectivity index (χ4v) is 1.78. The summed E-state index contributed by atoms with van der Waals surface area (Å²) in [5.74, 6) is 0.973. The fourth-order valence-electron chi connectivity index (χ4n) is 1.19. The number of hydrogen-bond acceptors (Lipinski definition) is 3. The molecule has 0 aliphatic carbocycles. The van der Waals surface area contributed by atoms with E-state index in [-0.39, 0.29) is 0 Å². The quantitative estimate of drug-likeness (QED) is 0.695. The minimum atomic E-state index is 0.973. The van der Waals surface area contributed by atoms with Crippen LogP contribution in [0.5, 0.6) is 0 Å². The summed E-state index contributed by atoms with van der Waals surface area (Å²) in [6.45, 7) is 6.06. The van der Waals surface area contributed by atoms with Gasteiger partial charge in [0, 0.05) is 11.1 Å². The molecular formula is C9H11N3S. The number of nitrogens with zero attached hydrogens (tertiary/aromatic N) is 3. The largest absolute Gasteiger partial charge is 0.287 e. The number of aryl methyl sites for hydroxylation is 2. The molecule has 4 heteroatoms. The molecule has 2 aromatic heterocycles. The van der Waals surface area contributed by atoms with Crippen molar-refractivity contribution in [2.75, 3.05) is 0 Å². The topological polar surface area (TPSA) is 30.7 Å². The third kappa shape index (κ3) is 1.37. The van der Waals surface area contributed by atoms with Crippen molar-refractivity contribution in [1.29, 1.82) is 0 Å². The third-order valence-corrected chi connectivity index (χ3v) is 2.87. The van der Waals surface area contributed by atoms with Crippen molar-refractivity contribution in [3.63, 3.8) is 0 Å². The number of aromatic nitrogens is 3. The second-order valence-electron chi connectivity index (χ2n) is 3.01. The van der Waals surface area contributed by atoms with Gasteiger partial charge in [-0.1, -0.05) is 0 Å². The highest BCUT2D eigenvalue weighted by molar-refractivity contribution is 7.09. The van der Waals surface area contributed by atoms with Crippen LogP contribution in [-0.4, -0.2) is 14.5 Å². The Morgan fingerprint density at radius 2 is 2.08 bits per heavy atom. The normalized spacial score (nSPS) is 10.7. The van der Waals surface area contributed by atoms with Crippen LogP contribution >= 0.6 is 11.3 Å². The van der Waals surface area contributed by atoms with Gasteiger partial charge in [-0.05, 0) is 20.8 Å². The first-order chi connectivity index (χ1) is 6.18. The molecule has 0 aliphatic rings. The van der Waals surface area contributed by atoms with Crippen LogP contribution in [-0.2, 0) is 0 Å². The van der Waals surface area contributed by atoms with E-state index in [2.05, 4.69) is 16.9 Å². The van der Waals surface area contributed by atoms with Gasteiger partial charge >= 0.3 is 0 Å². The minimum absolute atomic E-state index is 0.973. The molecule has 0 unspecified atom stereocenters. The predicted molar refractivity (Wildman–Crippen MR) is 53.4 cm³/mol. The van der Waals surface area contributed by atoms with Gasteiger partial charge in [0.15, 0.2) is 0 Å². The first kappa shape index (κ1) is 8.44. The van der Waals surface area contributed by atoms with Crippen LogP contribution in [0.1, 0.15) is 16.4 Å². The lowest BCUT2D eigenvalue weighted by molar-refractivity contribution is 0.956. The summed E-state index contributed by atoms with van der Waals surface area (Å²) in [7, 11) is 0. The molecule has 2 heterocycles. The minimum Gasteiger partial charge on any atom is -0.287 e. The van der Waals surface area contributed by atoms with Gasteiger partial charge in [0.2, 0.25) is 0 Å². The molecule has 3 nitrogen and oxygen atoms in total. The Hall–Kier alpha value is -1.16. The van der Waals surface area contributed by atoms with Crippen LogP contribution in [0.4, 0.5) is 0 Å². The molecule has 0 bridgehead atoms. The summed E-state index contributed by atoms with van der Waals surface area (Å²) in [6, 6.07) is 0. The Kier molecular flexibility index (Phi) is 1.92. The fraction of sp³-hybridized carbons (Fsp3) is 0.333. The summed E-state index contributed by atoms with van der Waals surface area (Å²) in [5.41, 5.74) is 2.22. The van der Waals surface area contributed by atoms with Crippen LogP contribution in [0.15, 0.2) is 11.7 Å². The number of hydrogen-bond donors (Lipinski definition) is 0. The maximum absolute atomic E-state index is 4.40. The number of rotatable bonds is 1. The monoisotopic (exact) mass is 193 g/mol. The lowest BCUT2D eigenvalue weighted by atomic mass is 10.4. The average molecular weight is 193 g/mol. The Labute approximate surface area is 81.1 Å². The summed E-state index contributed by atoms with van der Waals surface area (Å²) in [5, 5.41) is 3.13. The van der Waals surface area contributed by atoms with E-state index in [1.165, 1.54) is 0 Å². The molecular weight excluding hydrogens is 182 g/mol. The molecule has 0 aromatic carbocycles. The van der Waals surface area contributed by atoms with E-state index in [1.54, 1.807) is 11.3 Å². The smallest absolute Gasteiger partial charge is 0.149 e. The highest BCUT2D eigenvalue weighted by Crippen LogP contribution is 2.15. The zero-order valence-corrected chi connectivity index (χ0v) is 8.72. The molecule has 0 atom stereocenters. The highest BCUT2D eigenvalue weighted by atomic mass is 32.1. The molecule has 0 fully saturated rings. The highest BCUT2D eigenvalue weighted by Gasteiger charge is 2.06.